The molecule has 0 aromatic carbocycles. The molecule has 2 aromatic rings. The minimum Gasteiger partial charge on any atom is -0.255 e. The van der Waals surface area contributed by atoms with Crippen LogP contribution in [0.15, 0.2) is 42.7 Å². The van der Waals surface area contributed by atoms with Crippen LogP contribution in [0.2, 0.25) is 12.1 Å². The van der Waals surface area contributed by atoms with E-state index in [1.165, 1.54) is 17.3 Å². The largest absolute Gasteiger partial charge is 0.255 e. The maximum atomic E-state index is 4.65. The van der Waals surface area contributed by atoms with Gasteiger partial charge in [0.1, 0.15) is 0 Å². The van der Waals surface area contributed by atoms with Gasteiger partial charge in [-0.05, 0) is 35.2 Å². The van der Waals surface area contributed by atoms with E-state index in [0.29, 0.717) is 0 Å². The molecule has 0 aliphatic carbocycles. The summed E-state index contributed by atoms with van der Waals surface area (Å²) in [6.45, 7) is 9.28. The Kier molecular flexibility index (Phi) is 5.68. The van der Waals surface area contributed by atoms with Crippen LogP contribution in [0.3, 0.4) is 0 Å². The lowest BCUT2D eigenvalue weighted by Gasteiger charge is -2.19. The van der Waals surface area contributed by atoms with Crippen molar-refractivity contribution < 1.29 is 0 Å². The summed E-state index contributed by atoms with van der Waals surface area (Å²) in [4.78, 5) is 9.01. The van der Waals surface area contributed by atoms with E-state index < -0.39 is 8.80 Å². The molecule has 0 spiro atoms. The van der Waals surface area contributed by atoms with Crippen LogP contribution in [-0.2, 0) is 0 Å². The van der Waals surface area contributed by atoms with Gasteiger partial charge in [-0.2, -0.15) is 0 Å². The summed E-state index contributed by atoms with van der Waals surface area (Å²) >= 11 is 0. The fraction of sp³-hybridized carbons (Fsp3) is 0.444. The van der Waals surface area contributed by atoms with Gasteiger partial charge in [0.15, 0.2) is 0 Å². The molecule has 2 heterocycles. The predicted molar refractivity (Wildman–Crippen MR) is 92.1 cm³/mol. The highest BCUT2D eigenvalue weighted by molar-refractivity contribution is 6.73. The highest BCUT2D eigenvalue weighted by Gasteiger charge is 2.18. The standard InChI is InChI=1S/C18H25N2Si/c1-14(2)12-21(13-15(3)4)16-8-9-18(20-11-16)17-7-5-6-10-19-17/h5-11,14-15H,12-13H2,1-4H3. The molecule has 0 saturated heterocycles. The predicted octanol–water partition coefficient (Wildman–Crippen LogP) is 4.16. The molecule has 0 fully saturated rings. The molecular formula is C18H25N2Si. The van der Waals surface area contributed by atoms with E-state index in [0.717, 1.165) is 23.2 Å². The Balaban J connectivity index is 2.19. The van der Waals surface area contributed by atoms with E-state index in [1.807, 2.05) is 24.4 Å². The van der Waals surface area contributed by atoms with Crippen molar-refractivity contribution in [3.05, 3.63) is 42.7 Å². The smallest absolute Gasteiger partial charge is 0.0886 e. The third kappa shape index (κ3) is 4.78. The molecule has 0 amide bonds. The quantitative estimate of drug-likeness (QED) is 0.748. The fourth-order valence-electron chi connectivity index (χ4n) is 2.57. The van der Waals surface area contributed by atoms with Gasteiger partial charge in [-0.3, -0.25) is 9.97 Å². The summed E-state index contributed by atoms with van der Waals surface area (Å²) in [5.41, 5.74) is 1.92. The number of nitrogens with zero attached hydrogens (tertiary/aromatic N) is 2. The zero-order valence-corrected chi connectivity index (χ0v) is 14.5. The molecule has 0 atom stereocenters. The van der Waals surface area contributed by atoms with E-state index in [9.17, 15) is 0 Å². The first-order valence-electron chi connectivity index (χ1n) is 7.78. The Morgan fingerprint density at radius 1 is 0.857 bits per heavy atom. The topological polar surface area (TPSA) is 25.8 Å². The molecule has 0 aliphatic rings. The Bertz CT molecular complexity index is 525. The zero-order valence-electron chi connectivity index (χ0n) is 13.5. The van der Waals surface area contributed by atoms with Gasteiger partial charge < -0.3 is 0 Å². The average molecular weight is 297 g/mol. The summed E-state index contributed by atoms with van der Waals surface area (Å²) in [6.07, 6.45) is 3.90. The Morgan fingerprint density at radius 3 is 2.00 bits per heavy atom. The average Bonchev–Trinajstić information content (AvgIpc) is 2.47. The van der Waals surface area contributed by atoms with Gasteiger partial charge >= 0.3 is 0 Å². The first kappa shape index (κ1) is 15.9. The summed E-state index contributed by atoms with van der Waals surface area (Å²) < 4.78 is 0. The van der Waals surface area contributed by atoms with Crippen molar-refractivity contribution in [1.82, 2.24) is 9.97 Å². The molecule has 0 unspecified atom stereocenters. The number of pyridine rings is 2. The van der Waals surface area contributed by atoms with E-state index in [1.54, 1.807) is 0 Å². The molecule has 2 nitrogen and oxygen atoms in total. The van der Waals surface area contributed by atoms with Crippen molar-refractivity contribution in [3.63, 3.8) is 0 Å². The van der Waals surface area contributed by atoms with Gasteiger partial charge in [0.05, 0.1) is 20.2 Å². The van der Waals surface area contributed by atoms with Crippen LogP contribution in [0.1, 0.15) is 27.7 Å². The van der Waals surface area contributed by atoms with Crippen molar-refractivity contribution in [2.75, 3.05) is 0 Å². The normalized spacial score (nSPS) is 11.6. The van der Waals surface area contributed by atoms with Gasteiger partial charge in [-0.1, -0.05) is 51.9 Å². The first-order chi connectivity index (χ1) is 10.1. The van der Waals surface area contributed by atoms with Crippen molar-refractivity contribution in [3.8, 4) is 11.4 Å². The second-order valence-electron chi connectivity index (χ2n) is 6.45. The van der Waals surface area contributed by atoms with E-state index in [4.69, 9.17) is 0 Å². The second-order valence-corrected chi connectivity index (χ2v) is 9.05. The highest BCUT2D eigenvalue weighted by Crippen LogP contribution is 2.16. The lowest BCUT2D eigenvalue weighted by molar-refractivity contribution is 0.694. The first-order valence-corrected chi connectivity index (χ1v) is 9.70. The molecule has 2 aromatic heterocycles. The van der Waals surface area contributed by atoms with Crippen LogP contribution in [0.4, 0.5) is 0 Å². The van der Waals surface area contributed by atoms with Gasteiger partial charge in [-0.25, -0.2) is 0 Å². The summed E-state index contributed by atoms with van der Waals surface area (Å²) in [5, 5.41) is 1.46. The lowest BCUT2D eigenvalue weighted by Crippen LogP contribution is -2.32. The van der Waals surface area contributed by atoms with Gasteiger partial charge in [0.25, 0.3) is 0 Å². The molecule has 1 radical (unpaired) electrons. The number of rotatable bonds is 6. The molecule has 21 heavy (non-hydrogen) atoms. The maximum Gasteiger partial charge on any atom is 0.0886 e. The van der Waals surface area contributed by atoms with Crippen molar-refractivity contribution in [1.29, 1.82) is 0 Å². The van der Waals surface area contributed by atoms with Crippen LogP contribution in [0.5, 0.6) is 0 Å². The monoisotopic (exact) mass is 297 g/mol. The van der Waals surface area contributed by atoms with E-state index in [2.05, 4.69) is 56.0 Å². The number of aromatic nitrogens is 2. The Labute approximate surface area is 130 Å². The molecule has 0 bridgehead atoms. The van der Waals surface area contributed by atoms with E-state index >= 15 is 0 Å². The summed E-state index contributed by atoms with van der Waals surface area (Å²) in [5.74, 6) is 1.52. The molecule has 3 heteroatoms. The van der Waals surface area contributed by atoms with Crippen molar-refractivity contribution >= 4 is 14.0 Å². The van der Waals surface area contributed by atoms with Gasteiger partial charge in [-0.15, -0.1) is 0 Å². The number of hydrogen-bond donors (Lipinski definition) is 0. The number of hydrogen-bond acceptors (Lipinski definition) is 2. The maximum absolute atomic E-state index is 4.65. The van der Waals surface area contributed by atoms with E-state index in [-0.39, 0.29) is 0 Å². The second kappa shape index (κ2) is 7.50. The Morgan fingerprint density at radius 2 is 1.52 bits per heavy atom. The van der Waals surface area contributed by atoms with Crippen LogP contribution in [0.25, 0.3) is 11.4 Å². The highest BCUT2D eigenvalue weighted by atomic mass is 28.3. The molecule has 2 rings (SSSR count). The van der Waals surface area contributed by atoms with Gasteiger partial charge in [0, 0.05) is 12.4 Å². The van der Waals surface area contributed by atoms with Crippen LogP contribution in [-0.4, -0.2) is 18.8 Å². The molecule has 111 valence electrons. The van der Waals surface area contributed by atoms with Gasteiger partial charge in [0.2, 0.25) is 0 Å². The van der Waals surface area contributed by atoms with Crippen LogP contribution >= 0.6 is 0 Å². The summed E-state index contributed by atoms with van der Waals surface area (Å²) in [7, 11) is -0.502. The molecule has 0 aliphatic heterocycles. The molecule has 0 N–H and O–H groups in total. The van der Waals surface area contributed by atoms with Crippen LogP contribution in [0, 0.1) is 11.8 Å². The molecular weight excluding hydrogens is 272 g/mol. The Hall–Kier alpha value is -1.48. The fourth-order valence-corrected chi connectivity index (χ4v) is 5.75. The van der Waals surface area contributed by atoms with Crippen molar-refractivity contribution in [2.24, 2.45) is 11.8 Å². The lowest BCUT2D eigenvalue weighted by atomic mass is 10.2. The summed E-state index contributed by atoms with van der Waals surface area (Å²) in [6, 6.07) is 13.0. The van der Waals surface area contributed by atoms with Crippen LogP contribution < -0.4 is 5.19 Å². The minimum atomic E-state index is -0.502. The minimum absolute atomic E-state index is 0.502. The molecule has 0 saturated carbocycles. The SMILES string of the molecule is CC(C)C[Si](CC(C)C)c1ccc(-c2ccccn2)nc1. The third-order valence-corrected chi connectivity index (χ3v) is 7.14. The zero-order chi connectivity index (χ0) is 15.2. The van der Waals surface area contributed by atoms with Crippen molar-refractivity contribution in [2.45, 2.75) is 39.8 Å². The third-order valence-electron chi connectivity index (χ3n) is 3.41.